The summed E-state index contributed by atoms with van der Waals surface area (Å²) in [4.78, 5) is 10.5. The van der Waals surface area contributed by atoms with Crippen LogP contribution in [0.4, 0.5) is 11.6 Å². The van der Waals surface area contributed by atoms with Gasteiger partial charge in [0.15, 0.2) is 0 Å². The Morgan fingerprint density at radius 3 is 2.68 bits per heavy atom. The van der Waals surface area contributed by atoms with Gasteiger partial charge in [-0.25, -0.2) is 9.97 Å². The van der Waals surface area contributed by atoms with Crippen molar-refractivity contribution in [3.05, 3.63) is 52.7 Å². The fourth-order valence-electron chi connectivity index (χ4n) is 2.79. The van der Waals surface area contributed by atoms with E-state index in [1.54, 1.807) is 0 Å². The molecule has 2 aromatic carbocycles. The molecule has 1 N–H and O–H groups in total. The van der Waals surface area contributed by atoms with Crippen molar-refractivity contribution >= 4 is 45.9 Å². The van der Waals surface area contributed by atoms with Gasteiger partial charge in [0.05, 0.1) is 5.52 Å². The second-order valence-corrected chi connectivity index (χ2v) is 8.09. The van der Waals surface area contributed by atoms with E-state index in [2.05, 4.69) is 56.2 Å². The van der Waals surface area contributed by atoms with Crippen LogP contribution >= 0.6 is 23.4 Å². The standard InChI is InChI=1S/C20H22ClN3S/c1-5-25-16-6-7-18(13(4)8-16)23-20-22-11-14-9-15(21)10-17(12(2)3)19(14)24-20/h6-12H,5H2,1-4H3,(H,22,23,24). The smallest absolute Gasteiger partial charge is 0.227 e. The highest BCUT2D eigenvalue weighted by Crippen LogP contribution is 2.30. The fraction of sp³-hybridized carbons (Fsp3) is 0.300. The van der Waals surface area contributed by atoms with Gasteiger partial charge < -0.3 is 5.32 Å². The number of thioether (sulfide) groups is 1. The lowest BCUT2D eigenvalue weighted by Crippen LogP contribution is -2.01. The predicted molar refractivity (Wildman–Crippen MR) is 109 cm³/mol. The first-order chi connectivity index (χ1) is 12.0. The predicted octanol–water partition coefficient (Wildman–Crippen LogP) is 6.57. The van der Waals surface area contributed by atoms with Gasteiger partial charge in [-0.1, -0.05) is 32.4 Å². The molecule has 0 bridgehead atoms. The Morgan fingerprint density at radius 1 is 1.20 bits per heavy atom. The summed E-state index contributed by atoms with van der Waals surface area (Å²) < 4.78 is 0. The maximum atomic E-state index is 6.23. The third-order valence-electron chi connectivity index (χ3n) is 4.05. The van der Waals surface area contributed by atoms with E-state index in [0.29, 0.717) is 11.9 Å². The normalized spacial score (nSPS) is 11.3. The van der Waals surface area contributed by atoms with Crippen LogP contribution in [0.25, 0.3) is 10.9 Å². The molecule has 0 aliphatic carbocycles. The van der Waals surface area contributed by atoms with Gasteiger partial charge in [-0.2, -0.15) is 0 Å². The molecule has 0 aliphatic heterocycles. The topological polar surface area (TPSA) is 37.8 Å². The van der Waals surface area contributed by atoms with Crippen molar-refractivity contribution in [2.45, 2.75) is 38.5 Å². The van der Waals surface area contributed by atoms with Crippen molar-refractivity contribution in [1.29, 1.82) is 0 Å². The summed E-state index contributed by atoms with van der Waals surface area (Å²) in [6.45, 7) is 8.55. The summed E-state index contributed by atoms with van der Waals surface area (Å²) in [6, 6.07) is 10.3. The highest BCUT2D eigenvalue weighted by molar-refractivity contribution is 7.99. The van der Waals surface area contributed by atoms with Gasteiger partial charge in [0.1, 0.15) is 0 Å². The molecule has 0 aliphatic rings. The van der Waals surface area contributed by atoms with E-state index in [0.717, 1.165) is 32.9 Å². The van der Waals surface area contributed by atoms with Crippen molar-refractivity contribution in [2.75, 3.05) is 11.1 Å². The van der Waals surface area contributed by atoms with Crippen LogP contribution in [0.3, 0.4) is 0 Å². The van der Waals surface area contributed by atoms with Crippen LogP contribution in [0.2, 0.25) is 5.02 Å². The summed E-state index contributed by atoms with van der Waals surface area (Å²) >= 11 is 8.07. The molecular weight excluding hydrogens is 350 g/mol. The number of hydrogen-bond donors (Lipinski definition) is 1. The van der Waals surface area contributed by atoms with Crippen LogP contribution in [-0.2, 0) is 0 Å². The van der Waals surface area contributed by atoms with E-state index in [9.17, 15) is 0 Å². The minimum Gasteiger partial charge on any atom is -0.324 e. The van der Waals surface area contributed by atoms with Crippen molar-refractivity contribution in [3.63, 3.8) is 0 Å². The van der Waals surface area contributed by atoms with E-state index in [1.165, 1.54) is 10.5 Å². The Balaban J connectivity index is 1.97. The molecule has 3 rings (SSSR count). The Morgan fingerprint density at radius 2 is 2.00 bits per heavy atom. The minimum atomic E-state index is 0.344. The van der Waals surface area contributed by atoms with Crippen LogP contribution in [0.5, 0.6) is 0 Å². The number of nitrogens with zero attached hydrogens (tertiary/aromatic N) is 2. The largest absolute Gasteiger partial charge is 0.324 e. The lowest BCUT2D eigenvalue weighted by molar-refractivity contribution is 0.872. The van der Waals surface area contributed by atoms with Gasteiger partial charge in [-0.15, -0.1) is 11.8 Å². The van der Waals surface area contributed by atoms with Crippen LogP contribution in [0.15, 0.2) is 41.4 Å². The number of hydrogen-bond acceptors (Lipinski definition) is 4. The molecule has 1 aromatic heterocycles. The maximum Gasteiger partial charge on any atom is 0.227 e. The summed E-state index contributed by atoms with van der Waals surface area (Å²) in [5, 5.41) is 5.04. The zero-order valence-electron chi connectivity index (χ0n) is 14.9. The average molecular weight is 372 g/mol. The van der Waals surface area contributed by atoms with Crippen LogP contribution in [-0.4, -0.2) is 15.7 Å². The zero-order chi connectivity index (χ0) is 18.0. The highest BCUT2D eigenvalue weighted by atomic mass is 35.5. The lowest BCUT2D eigenvalue weighted by Gasteiger charge is -2.13. The Labute approximate surface area is 158 Å². The van der Waals surface area contributed by atoms with Crippen LogP contribution in [0.1, 0.15) is 37.8 Å². The Bertz CT molecular complexity index is 909. The molecule has 130 valence electrons. The number of rotatable bonds is 5. The Kier molecular flexibility index (Phi) is 5.50. The van der Waals surface area contributed by atoms with E-state index in [-0.39, 0.29) is 0 Å². The van der Waals surface area contributed by atoms with Crippen molar-refractivity contribution in [1.82, 2.24) is 9.97 Å². The summed E-state index contributed by atoms with van der Waals surface area (Å²) in [6.07, 6.45) is 1.83. The van der Waals surface area contributed by atoms with Gasteiger partial charge in [0.25, 0.3) is 0 Å². The number of nitrogens with one attached hydrogen (secondary N) is 1. The number of benzene rings is 2. The van der Waals surface area contributed by atoms with Gasteiger partial charge in [-0.05, 0) is 60.1 Å². The van der Waals surface area contributed by atoms with E-state index < -0.39 is 0 Å². The van der Waals surface area contributed by atoms with Crippen molar-refractivity contribution in [2.24, 2.45) is 0 Å². The summed E-state index contributed by atoms with van der Waals surface area (Å²) in [7, 11) is 0. The molecule has 5 heteroatoms. The van der Waals surface area contributed by atoms with Gasteiger partial charge >= 0.3 is 0 Å². The number of halogens is 1. The molecule has 3 nitrogen and oxygen atoms in total. The first-order valence-corrected chi connectivity index (χ1v) is 9.81. The molecule has 0 unspecified atom stereocenters. The van der Waals surface area contributed by atoms with Crippen LogP contribution in [0, 0.1) is 6.92 Å². The molecular formula is C20H22ClN3S. The second kappa shape index (κ2) is 7.63. The second-order valence-electron chi connectivity index (χ2n) is 6.32. The first-order valence-electron chi connectivity index (χ1n) is 8.44. The molecule has 0 saturated carbocycles. The molecule has 3 aromatic rings. The SMILES string of the molecule is CCSc1ccc(Nc2ncc3cc(Cl)cc(C(C)C)c3n2)c(C)c1. The van der Waals surface area contributed by atoms with Gasteiger partial charge in [0, 0.05) is 27.2 Å². The number of aryl methyl sites for hydroxylation is 1. The van der Waals surface area contributed by atoms with Crippen molar-refractivity contribution < 1.29 is 0 Å². The third-order valence-corrected chi connectivity index (χ3v) is 5.15. The lowest BCUT2D eigenvalue weighted by atomic mass is 10.0. The number of fused-ring (bicyclic) bond motifs is 1. The van der Waals surface area contributed by atoms with Crippen LogP contribution < -0.4 is 5.32 Å². The Hall–Kier alpha value is -1.78. The van der Waals surface area contributed by atoms with Crippen molar-refractivity contribution in [3.8, 4) is 0 Å². The number of aromatic nitrogens is 2. The van der Waals surface area contributed by atoms with Gasteiger partial charge in [0.2, 0.25) is 5.95 Å². The molecule has 0 amide bonds. The molecule has 0 saturated heterocycles. The quantitative estimate of drug-likeness (QED) is 0.514. The molecule has 25 heavy (non-hydrogen) atoms. The summed E-state index contributed by atoms with van der Waals surface area (Å²) in [5.41, 5.74) is 4.30. The zero-order valence-corrected chi connectivity index (χ0v) is 16.5. The first kappa shape index (κ1) is 18.0. The maximum absolute atomic E-state index is 6.23. The highest BCUT2D eigenvalue weighted by Gasteiger charge is 2.11. The molecule has 0 spiro atoms. The van der Waals surface area contributed by atoms with E-state index in [1.807, 2.05) is 30.1 Å². The molecule has 1 heterocycles. The van der Waals surface area contributed by atoms with E-state index >= 15 is 0 Å². The molecule has 0 radical (unpaired) electrons. The fourth-order valence-corrected chi connectivity index (χ4v) is 3.78. The van der Waals surface area contributed by atoms with Gasteiger partial charge in [-0.3, -0.25) is 0 Å². The third kappa shape index (κ3) is 4.07. The number of anilines is 2. The van der Waals surface area contributed by atoms with E-state index in [4.69, 9.17) is 16.6 Å². The average Bonchev–Trinajstić information content (AvgIpc) is 2.57. The molecule has 0 atom stereocenters. The minimum absolute atomic E-state index is 0.344. The monoisotopic (exact) mass is 371 g/mol. The molecule has 0 fully saturated rings. The summed E-state index contributed by atoms with van der Waals surface area (Å²) in [5.74, 6) is 2.02.